The predicted molar refractivity (Wildman–Crippen MR) is 70.2 cm³/mol. The summed E-state index contributed by atoms with van der Waals surface area (Å²) in [6.07, 6.45) is 10.1. The van der Waals surface area contributed by atoms with Gasteiger partial charge in [0.25, 0.3) is 0 Å². The first-order chi connectivity index (χ1) is 8.15. The minimum absolute atomic E-state index is 0.238. The van der Waals surface area contributed by atoms with E-state index in [1.807, 2.05) is 0 Å². The fourth-order valence-corrected chi connectivity index (χ4v) is 3.10. The van der Waals surface area contributed by atoms with Crippen LogP contribution in [0.5, 0.6) is 0 Å². The highest BCUT2D eigenvalue weighted by Gasteiger charge is 2.44. The highest BCUT2D eigenvalue weighted by Crippen LogP contribution is 2.49. The van der Waals surface area contributed by atoms with E-state index in [1.165, 1.54) is 44.9 Å². The third-order valence-corrected chi connectivity index (χ3v) is 4.49. The zero-order valence-electron chi connectivity index (χ0n) is 11.0. The van der Waals surface area contributed by atoms with Gasteiger partial charge in [-0.3, -0.25) is 5.41 Å². The molecule has 0 aromatic carbocycles. The van der Waals surface area contributed by atoms with Gasteiger partial charge in [-0.15, -0.1) is 0 Å². The number of amidine groups is 1. The van der Waals surface area contributed by atoms with Crippen LogP contribution in [-0.2, 0) is 4.74 Å². The average molecular weight is 238 g/mol. The Hall–Kier alpha value is -0.570. The van der Waals surface area contributed by atoms with Gasteiger partial charge in [-0.05, 0) is 31.6 Å². The Balaban J connectivity index is 1.78. The molecule has 0 radical (unpaired) electrons. The summed E-state index contributed by atoms with van der Waals surface area (Å²) in [6.45, 7) is 3.10. The summed E-state index contributed by atoms with van der Waals surface area (Å²) in [7, 11) is 0. The monoisotopic (exact) mass is 238 g/mol. The lowest BCUT2D eigenvalue weighted by Crippen LogP contribution is -2.30. The van der Waals surface area contributed by atoms with Gasteiger partial charge in [0.1, 0.15) is 0 Å². The number of hydrogen-bond donors (Lipinski definition) is 2. The molecule has 0 aromatic heterocycles. The molecule has 3 N–H and O–H groups in total. The highest BCUT2D eigenvalue weighted by molar-refractivity contribution is 5.78. The maximum absolute atomic E-state index is 7.41. The maximum Gasteiger partial charge on any atom is 0.0911 e. The van der Waals surface area contributed by atoms with E-state index in [0.29, 0.717) is 11.9 Å². The van der Waals surface area contributed by atoms with Crippen LogP contribution in [0.1, 0.15) is 58.3 Å². The fraction of sp³-hybridized carbons (Fsp3) is 0.929. The van der Waals surface area contributed by atoms with E-state index in [4.69, 9.17) is 15.9 Å². The van der Waals surface area contributed by atoms with E-state index in [-0.39, 0.29) is 5.41 Å². The average Bonchev–Trinajstić information content (AvgIpc) is 3.06. The molecule has 0 heterocycles. The minimum atomic E-state index is 0.238. The molecule has 98 valence electrons. The second kappa shape index (κ2) is 5.38. The first-order valence-corrected chi connectivity index (χ1v) is 7.10. The van der Waals surface area contributed by atoms with E-state index in [1.54, 1.807) is 0 Å². The summed E-state index contributed by atoms with van der Waals surface area (Å²) in [6, 6.07) is 0. The lowest BCUT2D eigenvalue weighted by atomic mass is 9.84. The van der Waals surface area contributed by atoms with Crippen molar-refractivity contribution in [2.45, 2.75) is 64.4 Å². The van der Waals surface area contributed by atoms with Crippen molar-refractivity contribution in [3.63, 3.8) is 0 Å². The zero-order chi connectivity index (χ0) is 12.3. The molecule has 2 unspecified atom stereocenters. The largest absolute Gasteiger partial charge is 0.388 e. The van der Waals surface area contributed by atoms with Crippen LogP contribution in [-0.4, -0.2) is 18.5 Å². The van der Waals surface area contributed by atoms with E-state index < -0.39 is 0 Å². The summed E-state index contributed by atoms with van der Waals surface area (Å²) in [5.74, 6) is 1.08. The first-order valence-electron chi connectivity index (χ1n) is 7.10. The second-order valence-corrected chi connectivity index (χ2v) is 6.00. The molecular formula is C14H26N2O. The molecule has 2 fully saturated rings. The Bertz CT molecular complexity index is 273. The van der Waals surface area contributed by atoms with Crippen molar-refractivity contribution >= 4 is 5.84 Å². The Morgan fingerprint density at radius 1 is 1.35 bits per heavy atom. The van der Waals surface area contributed by atoms with Crippen LogP contribution >= 0.6 is 0 Å². The van der Waals surface area contributed by atoms with Crippen LogP contribution in [0.4, 0.5) is 0 Å². The zero-order valence-corrected chi connectivity index (χ0v) is 11.0. The fourth-order valence-electron chi connectivity index (χ4n) is 3.10. The number of nitrogens with two attached hydrogens (primary N) is 1. The van der Waals surface area contributed by atoms with E-state index >= 15 is 0 Å². The molecule has 3 nitrogen and oxygen atoms in total. The van der Waals surface area contributed by atoms with Crippen molar-refractivity contribution in [2.24, 2.45) is 17.1 Å². The van der Waals surface area contributed by atoms with Crippen LogP contribution in [0.15, 0.2) is 0 Å². The lowest BCUT2D eigenvalue weighted by Gasteiger charge is -2.32. The summed E-state index contributed by atoms with van der Waals surface area (Å²) in [5, 5.41) is 7.41. The molecule has 0 bridgehead atoms. The molecule has 0 aliphatic heterocycles. The molecule has 2 atom stereocenters. The van der Waals surface area contributed by atoms with E-state index in [9.17, 15) is 0 Å². The van der Waals surface area contributed by atoms with Gasteiger partial charge in [0, 0.05) is 11.8 Å². The molecule has 2 aliphatic carbocycles. The van der Waals surface area contributed by atoms with Gasteiger partial charge in [0.05, 0.1) is 18.5 Å². The van der Waals surface area contributed by atoms with Gasteiger partial charge < -0.3 is 10.5 Å². The van der Waals surface area contributed by atoms with Crippen LogP contribution in [0.2, 0.25) is 0 Å². The summed E-state index contributed by atoms with van der Waals surface area (Å²) < 4.78 is 6.16. The smallest absolute Gasteiger partial charge is 0.0911 e. The molecule has 0 amide bonds. The van der Waals surface area contributed by atoms with Crippen molar-refractivity contribution in [1.82, 2.24) is 0 Å². The predicted octanol–water partition coefficient (Wildman–Crippen LogP) is 3.08. The van der Waals surface area contributed by atoms with Crippen LogP contribution < -0.4 is 5.73 Å². The Kier molecular flexibility index (Phi) is 4.08. The number of nitrogens with one attached hydrogen (secondary N) is 1. The number of rotatable bonds is 6. The molecular weight excluding hydrogens is 212 g/mol. The summed E-state index contributed by atoms with van der Waals surface area (Å²) in [4.78, 5) is 0. The van der Waals surface area contributed by atoms with Crippen molar-refractivity contribution in [3.8, 4) is 0 Å². The van der Waals surface area contributed by atoms with Crippen molar-refractivity contribution in [1.29, 1.82) is 5.41 Å². The van der Waals surface area contributed by atoms with Crippen molar-refractivity contribution < 1.29 is 4.74 Å². The maximum atomic E-state index is 7.41. The van der Waals surface area contributed by atoms with Gasteiger partial charge in [-0.25, -0.2) is 0 Å². The van der Waals surface area contributed by atoms with Crippen LogP contribution in [0, 0.1) is 16.7 Å². The van der Waals surface area contributed by atoms with Gasteiger partial charge in [-0.2, -0.15) is 0 Å². The molecule has 2 saturated carbocycles. The molecule has 0 aromatic rings. The lowest BCUT2D eigenvalue weighted by molar-refractivity contribution is -0.0318. The molecule has 0 spiro atoms. The van der Waals surface area contributed by atoms with E-state index in [0.717, 1.165) is 18.9 Å². The Morgan fingerprint density at radius 3 is 2.65 bits per heavy atom. The van der Waals surface area contributed by atoms with Gasteiger partial charge >= 0.3 is 0 Å². The van der Waals surface area contributed by atoms with Gasteiger partial charge in [0.2, 0.25) is 0 Å². The summed E-state index contributed by atoms with van der Waals surface area (Å²) in [5.41, 5.74) is 5.75. The van der Waals surface area contributed by atoms with E-state index in [2.05, 4.69) is 6.92 Å². The van der Waals surface area contributed by atoms with Crippen LogP contribution in [0.25, 0.3) is 0 Å². The number of hydrogen-bond acceptors (Lipinski definition) is 2. The Labute approximate surface area is 105 Å². The SMILES string of the molecule is CCC1CCCCC1OCC1(CC(=N)N)CC1. The van der Waals surface area contributed by atoms with Gasteiger partial charge in [0.15, 0.2) is 0 Å². The molecule has 2 rings (SSSR count). The van der Waals surface area contributed by atoms with Crippen LogP contribution in [0.3, 0.4) is 0 Å². The number of ether oxygens (including phenoxy) is 1. The second-order valence-electron chi connectivity index (χ2n) is 6.00. The van der Waals surface area contributed by atoms with Gasteiger partial charge in [-0.1, -0.05) is 26.2 Å². The molecule has 0 saturated heterocycles. The molecule has 2 aliphatic rings. The molecule has 3 heteroatoms. The summed E-state index contributed by atoms with van der Waals surface area (Å²) >= 11 is 0. The van der Waals surface area contributed by atoms with Crippen molar-refractivity contribution in [2.75, 3.05) is 6.61 Å². The first kappa shape index (κ1) is 12.9. The molecule has 17 heavy (non-hydrogen) atoms. The quantitative estimate of drug-likeness (QED) is 0.552. The third-order valence-electron chi connectivity index (χ3n) is 4.49. The third kappa shape index (κ3) is 3.44. The normalized spacial score (nSPS) is 31.1. The highest BCUT2D eigenvalue weighted by atomic mass is 16.5. The minimum Gasteiger partial charge on any atom is -0.388 e. The standard InChI is InChI=1S/C14H26N2O/c1-2-11-5-3-4-6-12(11)17-10-14(7-8-14)9-13(15)16/h11-12H,2-10H2,1H3,(H3,15,16). The van der Waals surface area contributed by atoms with Crippen molar-refractivity contribution in [3.05, 3.63) is 0 Å². The topological polar surface area (TPSA) is 59.1 Å². The Morgan fingerprint density at radius 2 is 2.06 bits per heavy atom.